The van der Waals surface area contributed by atoms with Crippen LogP contribution in [-0.2, 0) is 9.59 Å². The predicted octanol–water partition coefficient (Wildman–Crippen LogP) is 2.10. The van der Waals surface area contributed by atoms with E-state index in [1.54, 1.807) is 6.20 Å². The van der Waals surface area contributed by atoms with Gasteiger partial charge in [0.25, 0.3) is 5.91 Å². The molecule has 2 heterocycles. The molecule has 0 spiro atoms. The third-order valence-corrected chi connectivity index (χ3v) is 3.90. The average Bonchev–Trinajstić information content (AvgIpc) is 2.59. The summed E-state index contributed by atoms with van der Waals surface area (Å²) in [5.74, 6) is 0.297. The Bertz CT molecular complexity index is 531. The number of halogens is 1. The standard InChI is InChI=1S/C13H16BrN3O2/c1-7(2)17-12(18)5-10(13(17)19)16-11-4-8(3)9(14)6-15-11/h4,6-7,10H,5H2,1-3H3,(H,15,16). The molecule has 2 rings (SSSR count). The highest BCUT2D eigenvalue weighted by atomic mass is 79.9. The molecule has 1 aromatic heterocycles. The Morgan fingerprint density at radius 1 is 1.47 bits per heavy atom. The van der Waals surface area contributed by atoms with Crippen LogP contribution in [0.2, 0.25) is 0 Å². The van der Waals surface area contributed by atoms with Crippen LogP contribution < -0.4 is 5.32 Å². The van der Waals surface area contributed by atoms with Gasteiger partial charge in [0.2, 0.25) is 5.91 Å². The minimum Gasteiger partial charge on any atom is -0.358 e. The van der Waals surface area contributed by atoms with Crippen molar-refractivity contribution in [1.29, 1.82) is 0 Å². The van der Waals surface area contributed by atoms with Crippen LogP contribution in [0.3, 0.4) is 0 Å². The highest BCUT2D eigenvalue weighted by Crippen LogP contribution is 2.22. The molecule has 0 aliphatic carbocycles. The number of likely N-dealkylation sites (tertiary alicyclic amines) is 1. The number of hydrogen-bond acceptors (Lipinski definition) is 4. The normalized spacial score (nSPS) is 19.4. The van der Waals surface area contributed by atoms with Crippen LogP contribution in [-0.4, -0.2) is 33.8 Å². The van der Waals surface area contributed by atoms with E-state index in [1.807, 2.05) is 26.8 Å². The fraction of sp³-hybridized carbons (Fsp3) is 0.462. The molecule has 1 atom stereocenters. The van der Waals surface area contributed by atoms with E-state index in [4.69, 9.17) is 0 Å². The Morgan fingerprint density at radius 3 is 2.68 bits per heavy atom. The van der Waals surface area contributed by atoms with Crippen LogP contribution in [0.1, 0.15) is 25.8 Å². The van der Waals surface area contributed by atoms with Gasteiger partial charge in [-0.25, -0.2) is 4.98 Å². The van der Waals surface area contributed by atoms with Crippen LogP contribution in [0.25, 0.3) is 0 Å². The lowest BCUT2D eigenvalue weighted by Crippen LogP contribution is -2.39. The summed E-state index contributed by atoms with van der Waals surface area (Å²) in [6.45, 7) is 5.61. The van der Waals surface area contributed by atoms with Gasteiger partial charge in [0.1, 0.15) is 11.9 Å². The van der Waals surface area contributed by atoms with Crippen molar-refractivity contribution < 1.29 is 9.59 Å². The Kier molecular flexibility index (Phi) is 3.89. The minimum absolute atomic E-state index is 0.105. The van der Waals surface area contributed by atoms with Crippen molar-refractivity contribution in [2.45, 2.75) is 39.3 Å². The maximum atomic E-state index is 12.1. The zero-order valence-corrected chi connectivity index (χ0v) is 12.7. The second kappa shape index (κ2) is 5.28. The number of nitrogens with one attached hydrogen (secondary N) is 1. The summed E-state index contributed by atoms with van der Waals surface area (Å²) >= 11 is 3.37. The van der Waals surface area contributed by atoms with Crippen molar-refractivity contribution in [2.75, 3.05) is 5.32 Å². The fourth-order valence-corrected chi connectivity index (χ4v) is 2.32. The first-order valence-corrected chi connectivity index (χ1v) is 6.94. The van der Waals surface area contributed by atoms with E-state index in [1.165, 1.54) is 4.90 Å². The number of amides is 2. The molecule has 1 aliphatic heterocycles. The third kappa shape index (κ3) is 2.78. The minimum atomic E-state index is -0.511. The van der Waals surface area contributed by atoms with Crippen LogP contribution in [0.15, 0.2) is 16.7 Å². The number of anilines is 1. The van der Waals surface area contributed by atoms with Gasteiger partial charge in [-0.15, -0.1) is 0 Å². The van der Waals surface area contributed by atoms with E-state index in [-0.39, 0.29) is 24.3 Å². The van der Waals surface area contributed by atoms with E-state index in [2.05, 4.69) is 26.2 Å². The lowest BCUT2D eigenvalue weighted by Gasteiger charge is -2.19. The van der Waals surface area contributed by atoms with Crippen LogP contribution in [0.5, 0.6) is 0 Å². The van der Waals surface area contributed by atoms with Crippen molar-refractivity contribution in [3.8, 4) is 0 Å². The number of hydrogen-bond donors (Lipinski definition) is 1. The zero-order valence-electron chi connectivity index (χ0n) is 11.1. The average molecular weight is 326 g/mol. The molecular formula is C13H16BrN3O2. The van der Waals surface area contributed by atoms with Gasteiger partial charge in [0.15, 0.2) is 0 Å². The zero-order chi connectivity index (χ0) is 14.2. The van der Waals surface area contributed by atoms with Gasteiger partial charge < -0.3 is 5.32 Å². The molecule has 0 radical (unpaired) electrons. The van der Waals surface area contributed by atoms with Gasteiger partial charge in [-0.1, -0.05) is 0 Å². The molecule has 19 heavy (non-hydrogen) atoms. The maximum absolute atomic E-state index is 12.1. The summed E-state index contributed by atoms with van der Waals surface area (Å²) in [5.41, 5.74) is 1.02. The molecule has 5 nitrogen and oxygen atoms in total. The van der Waals surface area contributed by atoms with Crippen molar-refractivity contribution >= 4 is 33.6 Å². The maximum Gasteiger partial charge on any atom is 0.252 e. The quantitative estimate of drug-likeness (QED) is 0.864. The summed E-state index contributed by atoms with van der Waals surface area (Å²) in [4.78, 5) is 29.4. The topological polar surface area (TPSA) is 62.3 Å². The highest BCUT2D eigenvalue weighted by molar-refractivity contribution is 9.10. The molecule has 0 bridgehead atoms. The monoisotopic (exact) mass is 325 g/mol. The van der Waals surface area contributed by atoms with Gasteiger partial charge in [-0.05, 0) is 48.3 Å². The molecule has 1 aromatic rings. The Morgan fingerprint density at radius 2 is 2.16 bits per heavy atom. The largest absolute Gasteiger partial charge is 0.358 e. The van der Waals surface area contributed by atoms with Gasteiger partial charge in [0.05, 0.1) is 6.42 Å². The number of carbonyl (C=O) groups is 2. The predicted molar refractivity (Wildman–Crippen MR) is 75.7 cm³/mol. The van der Waals surface area contributed by atoms with E-state index < -0.39 is 6.04 Å². The molecule has 1 saturated heterocycles. The number of pyridine rings is 1. The Labute approximate surface area is 120 Å². The van der Waals surface area contributed by atoms with Crippen molar-refractivity contribution in [2.24, 2.45) is 0 Å². The van der Waals surface area contributed by atoms with Crippen LogP contribution in [0.4, 0.5) is 5.82 Å². The van der Waals surface area contributed by atoms with Crippen molar-refractivity contribution in [1.82, 2.24) is 9.88 Å². The highest BCUT2D eigenvalue weighted by Gasteiger charge is 2.39. The molecule has 0 saturated carbocycles. The number of nitrogens with zero attached hydrogens (tertiary/aromatic N) is 2. The van der Waals surface area contributed by atoms with Crippen LogP contribution in [0, 0.1) is 6.92 Å². The molecular weight excluding hydrogens is 310 g/mol. The van der Waals surface area contributed by atoms with E-state index in [9.17, 15) is 9.59 Å². The molecule has 1 fully saturated rings. The number of aromatic nitrogens is 1. The smallest absolute Gasteiger partial charge is 0.252 e. The third-order valence-electron chi connectivity index (χ3n) is 3.07. The van der Waals surface area contributed by atoms with Gasteiger partial charge in [-0.3, -0.25) is 14.5 Å². The van der Waals surface area contributed by atoms with Crippen molar-refractivity contribution in [3.63, 3.8) is 0 Å². The van der Waals surface area contributed by atoms with Crippen LogP contribution >= 0.6 is 15.9 Å². The summed E-state index contributed by atoms with van der Waals surface area (Å²) in [5, 5.41) is 3.03. The summed E-state index contributed by atoms with van der Waals surface area (Å²) < 4.78 is 0.913. The number of carbonyl (C=O) groups excluding carboxylic acids is 2. The molecule has 1 aliphatic rings. The lowest BCUT2D eigenvalue weighted by atomic mass is 10.2. The second-order valence-electron chi connectivity index (χ2n) is 4.92. The fourth-order valence-electron chi connectivity index (χ4n) is 2.10. The number of aryl methyl sites for hydroxylation is 1. The lowest BCUT2D eigenvalue weighted by molar-refractivity contribution is -0.140. The first-order valence-electron chi connectivity index (χ1n) is 6.14. The molecule has 0 aromatic carbocycles. The SMILES string of the molecule is Cc1cc(NC2CC(=O)N(C(C)C)C2=O)ncc1Br. The molecule has 102 valence electrons. The Hall–Kier alpha value is -1.43. The number of rotatable bonds is 3. The first kappa shape index (κ1) is 14.0. The van der Waals surface area contributed by atoms with Gasteiger partial charge >= 0.3 is 0 Å². The Balaban J connectivity index is 2.14. The van der Waals surface area contributed by atoms with E-state index in [0.717, 1.165) is 10.0 Å². The van der Waals surface area contributed by atoms with Crippen molar-refractivity contribution in [3.05, 3.63) is 22.3 Å². The van der Waals surface area contributed by atoms with E-state index >= 15 is 0 Å². The van der Waals surface area contributed by atoms with E-state index in [0.29, 0.717) is 5.82 Å². The summed E-state index contributed by atoms with van der Waals surface area (Å²) in [6.07, 6.45) is 1.87. The second-order valence-corrected chi connectivity index (χ2v) is 5.77. The molecule has 6 heteroatoms. The molecule has 2 amide bonds. The first-order chi connectivity index (χ1) is 8.90. The molecule has 1 unspecified atom stereocenters. The number of imide groups is 1. The summed E-state index contributed by atoms with van der Waals surface area (Å²) in [6, 6.07) is 1.23. The molecule has 1 N–H and O–H groups in total. The van der Waals surface area contributed by atoms with Gasteiger partial charge in [-0.2, -0.15) is 0 Å². The van der Waals surface area contributed by atoms with Gasteiger partial charge in [0, 0.05) is 16.7 Å². The summed E-state index contributed by atoms with van der Waals surface area (Å²) in [7, 11) is 0.